The molecule has 8 heteroatoms. The molecule has 0 bridgehead atoms. The molecule has 1 saturated heterocycles. The van der Waals surface area contributed by atoms with E-state index < -0.39 is 0 Å². The highest BCUT2D eigenvalue weighted by molar-refractivity contribution is 14.0. The quantitative estimate of drug-likeness (QED) is 0.305. The summed E-state index contributed by atoms with van der Waals surface area (Å²) in [6.45, 7) is 10.6. The van der Waals surface area contributed by atoms with E-state index in [4.69, 9.17) is 9.73 Å². The number of nitrogens with zero attached hydrogens (tertiary/aromatic N) is 3. The Bertz CT molecular complexity index is 660. The molecule has 170 valence electrons. The van der Waals surface area contributed by atoms with Gasteiger partial charge in [-0.2, -0.15) is 11.8 Å². The predicted molar refractivity (Wildman–Crippen MR) is 139 cm³/mol. The van der Waals surface area contributed by atoms with Gasteiger partial charge in [-0.05, 0) is 56.6 Å². The van der Waals surface area contributed by atoms with Crippen LogP contribution in [0.3, 0.4) is 0 Å². The Morgan fingerprint density at radius 3 is 3.00 bits per heavy atom. The molecule has 2 heterocycles. The summed E-state index contributed by atoms with van der Waals surface area (Å²) in [5.74, 6) is 3.16. The van der Waals surface area contributed by atoms with Crippen molar-refractivity contribution in [2.75, 3.05) is 36.9 Å². The van der Waals surface area contributed by atoms with E-state index >= 15 is 0 Å². The Kier molecular flexibility index (Phi) is 11.6. The lowest BCUT2D eigenvalue weighted by molar-refractivity contribution is 0.0529. The molecule has 1 aromatic heterocycles. The van der Waals surface area contributed by atoms with Crippen molar-refractivity contribution in [2.45, 2.75) is 70.4 Å². The number of anilines is 1. The predicted octanol–water partition coefficient (Wildman–Crippen LogP) is 4.04. The van der Waals surface area contributed by atoms with E-state index in [1.54, 1.807) is 0 Å². The van der Waals surface area contributed by atoms with Gasteiger partial charge in [0.25, 0.3) is 0 Å². The van der Waals surface area contributed by atoms with Crippen LogP contribution in [0.5, 0.6) is 0 Å². The first-order valence-electron chi connectivity index (χ1n) is 11.2. The molecular formula is C22H38IN5OS. The van der Waals surface area contributed by atoms with Crippen LogP contribution in [0, 0.1) is 0 Å². The number of thioether (sulfide) groups is 1. The molecule has 2 aliphatic rings. The van der Waals surface area contributed by atoms with E-state index in [1.165, 1.54) is 37.0 Å². The molecule has 30 heavy (non-hydrogen) atoms. The number of halogens is 1. The highest BCUT2D eigenvalue weighted by Crippen LogP contribution is 2.28. The summed E-state index contributed by atoms with van der Waals surface area (Å²) >= 11 is 2.10. The van der Waals surface area contributed by atoms with E-state index in [0.717, 1.165) is 43.3 Å². The zero-order valence-corrected chi connectivity index (χ0v) is 21.7. The van der Waals surface area contributed by atoms with E-state index in [1.807, 2.05) is 6.20 Å². The topological polar surface area (TPSA) is 61.8 Å². The summed E-state index contributed by atoms with van der Waals surface area (Å²) in [5, 5.41) is 7.89. The summed E-state index contributed by atoms with van der Waals surface area (Å²) in [4.78, 5) is 11.7. The summed E-state index contributed by atoms with van der Waals surface area (Å²) in [7, 11) is 0. The zero-order chi connectivity index (χ0) is 20.5. The van der Waals surface area contributed by atoms with Crippen LogP contribution in [0.4, 0.5) is 5.82 Å². The molecule has 0 aromatic carbocycles. The molecule has 0 radical (unpaired) electrons. The monoisotopic (exact) mass is 547 g/mol. The van der Waals surface area contributed by atoms with Gasteiger partial charge in [0.2, 0.25) is 0 Å². The average molecular weight is 548 g/mol. The number of morpholine rings is 1. The smallest absolute Gasteiger partial charge is 0.191 e. The molecule has 3 unspecified atom stereocenters. The fourth-order valence-corrected chi connectivity index (χ4v) is 5.28. The van der Waals surface area contributed by atoms with Gasteiger partial charge in [-0.1, -0.05) is 13.3 Å². The molecule has 2 N–H and O–H groups in total. The van der Waals surface area contributed by atoms with Crippen LogP contribution < -0.4 is 15.5 Å². The van der Waals surface area contributed by atoms with Crippen LogP contribution in [0.25, 0.3) is 0 Å². The number of pyridine rings is 1. The van der Waals surface area contributed by atoms with Crippen LogP contribution in [0.1, 0.15) is 52.0 Å². The van der Waals surface area contributed by atoms with E-state index in [9.17, 15) is 0 Å². The third-order valence-electron chi connectivity index (χ3n) is 5.51. The van der Waals surface area contributed by atoms with Crippen LogP contribution in [-0.4, -0.2) is 60.3 Å². The minimum absolute atomic E-state index is 0. The number of aliphatic imine (C=N–C) groups is 1. The van der Waals surface area contributed by atoms with E-state index in [2.05, 4.69) is 65.2 Å². The molecule has 0 spiro atoms. The van der Waals surface area contributed by atoms with E-state index in [-0.39, 0.29) is 30.1 Å². The second-order valence-electron chi connectivity index (χ2n) is 7.93. The lowest BCUT2D eigenvalue weighted by Gasteiger charge is -2.32. The Balaban J connectivity index is 0.00000320. The number of ether oxygens (including phenoxy) is 1. The van der Waals surface area contributed by atoms with Crippen molar-refractivity contribution in [1.29, 1.82) is 0 Å². The molecule has 3 rings (SSSR count). The fourth-order valence-electron chi connectivity index (χ4n) is 4.11. The van der Waals surface area contributed by atoms with Crippen molar-refractivity contribution in [2.24, 2.45) is 4.99 Å². The molecule has 2 fully saturated rings. The molecule has 1 aromatic rings. The highest BCUT2D eigenvalue weighted by Gasteiger charge is 2.22. The third kappa shape index (κ3) is 8.07. The first-order valence-corrected chi connectivity index (χ1v) is 12.2. The Morgan fingerprint density at radius 1 is 1.37 bits per heavy atom. The molecule has 1 saturated carbocycles. The van der Waals surface area contributed by atoms with Gasteiger partial charge in [0.05, 0.1) is 19.3 Å². The SMILES string of the molecule is CCNC(=NCc1ccnc(N2CCOC(C)C2)c1)NC1CCCC(SCC)C1.I. The zero-order valence-electron chi connectivity index (χ0n) is 18.6. The third-order valence-corrected chi connectivity index (χ3v) is 6.74. The maximum absolute atomic E-state index is 5.65. The Labute approximate surface area is 203 Å². The van der Waals surface area contributed by atoms with Gasteiger partial charge in [0, 0.05) is 37.1 Å². The van der Waals surface area contributed by atoms with Gasteiger partial charge in [0.1, 0.15) is 5.82 Å². The minimum atomic E-state index is 0. The largest absolute Gasteiger partial charge is 0.375 e. The second kappa shape index (κ2) is 13.6. The van der Waals surface area contributed by atoms with Crippen LogP contribution in [-0.2, 0) is 11.3 Å². The summed E-state index contributed by atoms with van der Waals surface area (Å²) < 4.78 is 5.65. The number of hydrogen-bond donors (Lipinski definition) is 2. The van der Waals surface area contributed by atoms with E-state index in [0.29, 0.717) is 12.6 Å². The maximum Gasteiger partial charge on any atom is 0.191 e. The lowest BCUT2D eigenvalue weighted by Crippen LogP contribution is -2.45. The summed E-state index contributed by atoms with van der Waals surface area (Å²) in [6.07, 6.45) is 7.28. The molecule has 1 aliphatic carbocycles. The van der Waals surface area contributed by atoms with Gasteiger partial charge in [0.15, 0.2) is 5.96 Å². The first kappa shape index (κ1) is 25.5. The Morgan fingerprint density at radius 2 is 2.23 bits per heavy atom. The number of nitrogens with one attached hydrogen (secondary N) is 2. The number of rotatable bonds is 7. The van der Waals surface area contributed by atoms with Crippen molar-refractivity contribution >= 4 is 47.5 Å². The average Bonchev–Trinajstić information content (AvgIpc) is 2.73. The summed E-state index contributed by atoms with van der Waals surface area (Å²) in [5.41, 5.74) is 1.19. The van der Waals surface area contributed by atoms with Crippen molar-refractivity contribution in [3.63, 3.8) is 0 Å². The Hall–Kier alpha value is -0.740. The fraction of sp³-hybridized carbons (Fsp3) is 0.727. The normalized spacial score (nSPS) is 24.8. The van der Waals surface area contributed by atoms with Crippen LogP contribution in [0.15, 0.2) is 23.3 Å². The standard InChI is InChI=1S/C22H37N5OS.HI/c1-4-23-22(26-19-7-6-8-20(14-19)29-5-2)25-15-18-9-10-24-21(13-18)27-11-12-28-17(3)16-27;/h9-10,13,17,19-20H,4-8,11-12,14-16H2,1-3H3,(H2,23,25,26);1H. The van der Waals surface area contributed by atoms with Crippen molar-refractivity contribution in [3.05, 3.63) is 23.9 Å². The second-order valence-corrected chi connectivity index (χ2v) is 9.51. The number of aromatic nitrogens is 1. The maximum atomic E-state index is 5.65. The molecule has 0 amide bonds. The van der Waals surface area contributed by atoms with Gasteiger partial charge < -0.3 is 20.3 Å². The number of hydrogen-bond acceptors (Lipinski definition) is 5. The van der Waals surface area contributed by atoms with Gasteiger partial charge in [-0.25, -0.2) is 9.98 Å². The van der Waals surface area contributed by atoms with Gasteiger partial charge in [-0.15, -0.1) is 24.0 Å². The van der Waals surface area contributed by atoms with Crippen molar-refractivity contribution in [3.8, 4) is 0 Å². The molecule has 6 nitrogen and oxygen atoms in total. The minimum Gasteiger partial charge on any atom is -0.375 e. The highest BCUT2D eigenvalue weighted by atomic mass is 127. The first-order chi connectivity index (χ1) is 14.2. The number of guanidine groups is 1. The van der Waals surface area contributed by atoms with Crippen molar-refractivity contribution in [1.82, 2.24) is 15.6 Å². The lowest BCUT2D eigenvalue weighted by atomic mass is 9.95. The van der Waals surface area contributed by atoms with Crippen molar-refractivity contribution < 1.29 is 4.74 Å². The van der Waals surface area contributed by atoms with Crippen LogP contribution in [0.2, 0.25) is 0 Å². The summed E-state index contributed by atoms with van der Waals surface area (Å²) in [6, 6.07) is 4.75. The van der Waals surface area contributed by atoms with Crippen LogP contribution >= 0.6 is 35.7 Å². The molecule has 3 atom stereocenters. The van der Waals surface area contributed by atoms with Gasteiger partial charge in [-0.3, -0.25) is 0 Å². The molecular weight excluding hydrogens is 509 g/mol. The van der Waals surface area contributed by atoms with Gasteiger partial charge >= 0.3 is 0 Å². The molecule has 1 aliphatic heterocycles.